The minimum absolute atomic E-state index is 0.160. The van der Waals surface area contributed by atoms with Crippen molar-refractivity contribution in [2.75, 3.05) is 7.11 Å². The maximum Gasteiger partial charge on any atom is 0.322 e. The first-order chi connectivity index (χ1) is 7.17. The van der Waals surface area contributed by atoms with E-state index in [-0.39, 0.29) is 12.0 Å². The molecule has 1 aliphatic rings. The summed E-state index contributed by atoms with van der Waals surface area (Å²) in [5, 5.41) is 3.34. The molecule has 1 N–H and O–H groups in total. The van der Waals surface area contributed by atoms with Crippen LogP contribution in [0.5, 0.6) is 0 Å². The lowest BCUT2D eigenvalue weighted by Gasteiger charge is -2.30. The van der Waals surface area contributed by atoms with Crippen molar-refractivity contribution in [3.8, 4) is 0 Å². The molecule has 1 saturated carbocycles. The van der Waals surface area contributed by atoms with Gasteiger partial charge in [0.1, 0.15) is 6.04 Å². The van der Waals surface area contributed by atoms with E-state index < -0.39 is 0 Å². The SMILES string of the molecule is CCC1CCC(NC(C)C(=O)OC)CC1. The second-order valence-corrected chi connectivity index (χ2v) is 4.54. The first kappa shape index (κ1) is 12.5. The van der Waals surface area contributed by atoms with E-state index in [0.717, 1.165) is 5.92 Å². The molecule has 1 aliphatic carbocycles. The van der Waals surface area contributed by atoms with E-state index in [4.69, 9.17) is 4.74 Å². The van der Waals surface area contributed by atoms with Gasteiger partial charge in [0.05, 0.1) is 7.11 Å². The summed E-state index contributed by atoms with van der Waals surface area (Å²) in [5.74, 6) is 0.740. The van der Waals surface area contributed by atoms with Crippen LogP contribution in [0.4, 0.5) is 0 Å². The zero-order valence-corrected chi connectivity index (χ0v) is 10.1. The van der Waals surface area contributed by atoms with E-state index in [1.165, 1.54) is 39.2 Å². The molecule has 1 atom stereocenters. The van der Waals surface area contributed by atoms with Crippen LogP contribution in [0.25, 0.3) is 0 Å². The van der Waals surface area contributed by atoms with Gasteiger partial charge in [0.15, 0.2) is 0 Å². The predicted octanol–water partition coefficient (Wildman–Crippen LogP) is 2.11. The molecular weight excluding hydrogens is 190 g/mol. The fourth-order valence-corrected chi connectivity index (χ4v) is 2.34. The van der Waals surface area contributed by atoms with Gasteiger partial charge >= 0.3 is 5.97 Å². The highest BCUT2D eigenvalue weighted by atomic mass is 16.5. The van der Waals surface area contributed by atoms with Crippen LogP contribution >= 0.6 is 0 Å². The van der Waals surface area contributed by atoms with Crippen molar-refractivity contribution < 1.29 is 9.53 Å². The molecule has 0 aromatic carbocycles. The monoisotopic (exact) mass is 213 g/mol. The Morgan fingerprint density at radius 1 is 1.40 bits per heavy atom. The standard InChI is InChI=1S/C12H23NO2/c1-4-10-5-7-11(8-6-10)13-9(2)12(14)15-3/h9-11,13H,4-8H2,1-3H3. The number of nitrogens with one attached hydrogen (secondary N) is 1. The lowest BCUT2D eigenvalue weighted by molar-refractivity contribution is -0.142. The van der Waals surface area contributed by atoms with E-state index in [1.807, 2.05) is 6.92 Å². The summed E-state index contributed by atoms with van der Waals surface area (Å²) in [6.45, 7) is 4.13. The van der Waals surface area contributed by atoms with Crippen LogP contribution < -0.4 is 5.32 Å². The van der Waals surface area contributed by atoms with Crippen LogP contribution in [0.3, 0.4) is 0 Å². The van der Waals surface area contributed by atoms with Crippen LogP contribution in [-0.2, 0) is 9.53 Å². The molecule has 0 amide bonds. The second kappa shape index (κ2) is 6.11. The van der Waals surface area contributed by atoms with Crippen LogP contribution in [0.2, 0.25) is 0 Å². The van der Waals surface area contributed by atoms with Gasteiger partial charge in [-0.25, -0.2) is 0 Å². The molecular formula is C12H23NO2. The number of methoxy groups -OCH3 is 1. The van der Waals surface area contributed by atoms with Crippen molar-refractivity contribution in [2.24, 2.45) is 5.92 Å². The molecule has 0 spiro atoms. The van der Waals surface area contributed by atoms with Crippen molar-refractivity contribution in [1.82, 2.24) is 5.32 Å². The Balaban J connectivity index is 2.26. The van der Waals surface area contributed by atoms with Gasteiger partial charge in [0.25, 0.3) is 0 Å². The fraction of sp³-hybridized carbons (Fsp3) is 0.917. The van der Waals surface area contributed by atoms with Crippen molar-refractivity contribution in [1.29, 1.82) is 0 Å². The minimum atomic E-state index is -0.168. The van der Waals surface area contributed by atoms with Crippen LogP contribution in [0.15, 0.2) is 0 Å². The van der Waals surface area contributed by atoms with Gasteiger partial charge in [-0.1, -0.05) is 13.3 Å². The Morgan fingerprint density at radius 2 is 2.00 bits per heavy atom. The third-order valence-corrected chi connectivity index (χ3v) is 3.46. The average Bonchev–Trinajstić information content (AvgIpc) is 2.29. The number of rotatable bonds is 4. The lowest BCUT2D eigenvalue weighted by atomic mass is 9.84. The molecule has 15 heavy (non-hydrogen) atoms. The molecule has 0 aromatic heterocycles. The smallest absolute Gasteiger partial charge is 0.322 e. The van der Waals surface area contributed by atoms with Crippen molar-refractivity contribution in [3.05, 3.63) is 0 Å². The summed E-state index contributed by atoms with van der Waals surface area (Å²) in [6.07, 6.45) is 6.27. The average molecular weight is 213 g/mol. The van der Waals surface area contributed by atoms with E-state index in [1.54, 1.807) is 0 Å². The Morgan fingerprint density at radius 3 is 2.47 bits per heavy atom. The molecule has 0 bridgehead atoms. The normalized spacial score (nSPS) is 28.5. The third kappa shape index (κ3) is 3.82. The summed E-state index contributed by atoms with van der Waals surface area (Å²) < 4.78 is 4.69. The summed E-state index contributed by atoms with van der Waals surface area (Å²) in [7, 11) is 1.44. The Labute approximate surface area is 92.6 Å². The maximum atomic E-state index is 11.2. The highest BCUT2D eigenvalue weighted by Crippen LogP contribution is 2.26. The van der Waals surface area contributed by atoms with E-state index >= 15 is 0 Å². The van der Waals surface area contributed by atoms with Gasteiger partial charge in [-0.15, -0.1) is 0 Å². The Bertz CT molecular complexity index is 198. The number of carbonyl (C=O) groups is 1. The summed E-state index contributed by atoms with van der Waals surface area (Å²) >= 11 is 0. The highest BCUT2D eigenvalue weighted by Gasteiger charge is 2.23. The van der Waals surface area contributed by atoms with Crippen molar-refractivity contribution >= 4 is 5.97 Å². The van der Waals surface area contributed by atoms with Gasteiger partial charge in [-0.2, -0.15) is 0 Å². The van der Waals surface area contributed by atoms with Crippen LogP contribution in [0.1, 0.15) is 46.0 Å². The van der Waals surface area contributed by atoms with Gasteiger partial charge in [0.2, 0.25) is 0 Å². The predicted molar refractivity (Wildman–Crippen MR) is 60.7 cm³/mol. The molecule has 3 heteroatoms. The fourth-order valence-electron chi connectivity index (χ4n) is 2.34. The molecule has 88 valence electrons. The van der Waals surface area contributed by atoms with Gasteiger partial charge < -0.3 is 10.1 Å². The minimum Gasteiger partial charge on any atom is -0.468 e. The molecule has 0 aromatic rings. The maximum absolute atomic E-state index is 11.2. The van der Waals surface area contributed by atoms with Crippen LogP contribution in [-0.4, -0.2) is 25.2 Å². The molecule has 0 saturated heterocycles. The molecule has 0 heterocycles. The van der Waals surface area contributed by atoms with E-state index in [9.17, 15) is 4.79 Å². The summed E-state index contributed by atoms with van der Waals surface area (Å²) in [4.78, 5) is 11.2. The first-order valence-electron chi connectivity index (χ1n) is 6.01. The quantitative estimate of drug-likeness (QED) is 0.727. The summed E-state index contributed by atoms with van der Waals surface area (Å²) in [5.41, 5.74) is 0. The van der Waals surface area contributed by atoms with Crippen LogP contribution in [0, 0.1) is 5.92 Å². The van der Waals surface area contributed by atoms with Crippen molar-refractivity contribution in [3.63, 3.8) is 0 Å². The Kier molecular flexibility index (Phi) is 5.09. The third-order valence-electron chi connectivity index (χ3n) is 3.46. The zero-order chi connectivity index (χ0) is 11.3. The molecule has 1 fully saturated rings. The molecule has 1 unspecified atom stereocenters. The highest BCUT2D eigenvalue weighted by molar-refractivity contribution is 5.75. The van der Waals surface area contributed by atoms with Gasteiger partial charge in [-0.05, 0) is 38.5 Å². The number of hydrogen-bond acceptors (Lipinski definition) is 3. The van der Waals surface area contributed by atoms with E-state index in [0.29, 0.717) is 6.04 Å². The molecule has 0 radical (unpaired) electrons. The van der Waals surface area contributed by atoms with Gasteiger partial charge in [0, 0.05) is 6.04 Å². The molecule has 1 rings (SSSR count). The van der Waals surface area contributed by atoms with Gasteiger partial charge in [-0.3, -0.25) is 4.79 Å². The second-order valence-electron chi connectivity index (χ2n) is 4.54. The molecule has 3 nitrogen and oxygen atoms in total. The largest absolute Gasteiger partial charge is 0.468 e. The summed E-state index contributed by atoms with van der Waals surface area (Å²) in [6, 6.07) is 0.333. The Hall–Kier alpha value is -0.570. The lowest BCUT2D eigenvalue weighted by Crippen LogP contribution is -2.43. The van der Waals surface area contributed by atoms with Crippen molar-refractivity contribution in [2.45, 2.75) is 58.0 Å². The number of ether oxygens (including phenoxy) is 1. The number of hydrogen-bond donors (Lipinski definition) is 1. The van der Waals surface area contributed by atoms with E-state index in [2.05, 4.69) is 12.2 Å². The first-order valence-corrected chi connectivity index (χ1v) is 6.01. The number of carbonyl (C=O) groups excluding carboxylic acids is 1. The number of esters is 1. The zero-order valence-electron chi connectivity index (χ0n) is 10.1. The molecule has 0 aliphatic heterocycles. The topological polar surface area (TPSA) is 38.3 Å².